The summed E-state index contributed by atoms with van der Waals surface area (Å²) in [5.74, 6) is 0.213. The molecule has 1 rings (SSSR count). The molecule has 0 radical (unpaired) electrons. The lowest BCUT2D eigenvalue weighted by Gasteiger charge is -2.09. The normalized spacial score (nSPS) is 10.8. The number of anilines is 2. The van der Waals surface area contributed by atoms with E-state index in [0.29, 0.717) is 42.1 Å². The minimum absolute atomic E-state index is 0.0455. The number of nitrogen functional groups attached to an aromatic ring is 1. The van der Waals surface area contributed by atoms with Crippen molar-refractivity contribution in [3.8, 4) is 0 Å². The number of rotatable bonds is 8. The van der Waals surface area contributed by atoms with Crippen molar-refractivity contribution in [2.45, 2.75) is 13.8 Å². The second-order valence-electron chi connectivity index (χ2n) is 4.81. The van der Waals surface area contributed by atoms with Crippen LogP contribution in [0.15, 0.2) is 18.2 Å². The van der Waals surface area contributed by atoms with E-state index in [9.17, 15) is 4.79 Å². The molecule has 0 heterocycles. The lowest BCUT2D eigenvalue weighted by molar-refractivity contribution is -0.121. The number of benzene rings is 1. The Morgan fingerprint density at radius 1 is 1.35 bits per heavy atom. The second-order valence-corrected chi connectivity index (χ2v) is 5.22. The molecule has 0 bridgehead atoms. The molecule has 0 saturated carbocycles. The molecule has 1 amide bonds. The number of ether oxygens (including phenoxy) is 2. The molecule has 3 N–H and O–H groups in total. The van der Waals surface area contributed by atoms with Gasteiger partial charge in [-0.1, -0.05) is 25.4 Å². The Hall–Kier alpha value is -1.30. The fraction of sp³-hybridized carbons (Fsp3) is 0.500. The molecule has 5 nitrogen and oxygen atoms in total. The van der Waals surface area contributed by atoms with Crippen molar-refractivity contribution in [2.75, 3.05) is 37.5 Å². The minimum Gasteiger partial charge on any atom is -0.399 e. The van der Waals surface area contributed by atoms with Crippen LogP contribution in [0.25, 0.3) is 0 Å². The molecule has 0 aliphatic rings. The number of hydrogen-bond acceptors (Lipinski definition) is 4. The van der Waals surface area contributed by atoms with E-state index >= 15 is 0 Å². The quantitative estimate of drug-likeness (QED) is 0.571. The largest absolute Gasteiger partial charge is 0.399 e. The van der Waals surface area contributed by atoms with Crippen molar-refractivity contribution in [2.24, 2.45) is 5.92 Å². The summed E-state index contributed by atoms with van der Waals surface area (Å²) in [7, 11) is 0. The van der Waals surface area contributed by atoms with Gasteiger partial charge in [-0.05, 0) is 24.1 Å². The van der Waals surface area contributed by atoms with Gasteiger partial charge in [0, 0.05) is 12.3 Å². The molecule has 6 heteroatoms. The van der Waals surface area contributed by atoms with Crippen molar-refractivity contribution in [1.29, 1.82) is 0 Å². The number of carbonyl (C=O) groups is 1. The molecule has 20 heavy (non-hydrogen) atoms. The highest BCUT2D eigenvalue weighted by atomic mass is 35.5. The number of carbonyl (C=O) groups excluding carboxylic acids is 1. The Balaban J connectivity index is 2.22. The molecule has 0 aromatic heterocycles. The third-order valence-electron chi connectivity index (χ3n) is 2.32. The Kier molecular flexibility index (Phi) is 7.36. The first-order valence-corrected chi connectivity index (χ1v) is 6.87. The van der Waals surface area contributed by atoms with Crippen molar-refractivity contribution in [3.05, 3.63) is 23.2 Å². The molecular formula is C14H21ClN2O3. The topological polar surface area (TPSA) is 73.6 Å². The third-order valence-corrected chi connectivity index (χ3v) is 2.65. The van der Waals surface area contributed by atoms with Gasteiger partial charge in [0.1, 0.15) is 6.61 Å². The molecular weight excluding hydrogens is 280 g/mol. The zero-order chi connectivity index (χ0) is 15.0. The molecule has 0 aliphatic heterocycles. The van der Waals surface area contributed by atoms with Crippen molar-refractivity contribution >= 4 is 28.9 Å². The number of amides is 1. The lowest BCUT2D eigenvalue weighted by Crippen LogP contribution is -2.20. The Bertz CT molecular complexity index is 438. The second kappa shape index (κ2) is 8.79. The summed E-state index contributed by atoms with van der Waals surface area (Å²) in [6.07, 6.45) is 0. The van der Waals surface area contributed by atoms with Gasteiger partial charge in [0.05, 0.1) is 23.9 Å². The number of hydrogen-bond donors (Lipinski definition) is 2. The van der Waals surface area contributed by atoms with E-state index in [0.717, 1.165) is 0 Å². The van der Waals surface area contributed by atoms with Crippen LogP contribution in [-0.2, 0) is 14.3 Å². The summed E-state index contributed by atoms with van der Waals surface area (Å²) in [5, 5.41) is 3.08. The highest BCUT2D eigenvalue weighted by molar-refractivity contribution is 6.33. The first-order chi connectivity index (χ1) is 9.49. The minimum atomic E-state index is -0.277. The average Bonchev–Trinajstić information content (AvgIpc) is 2.37. The molecule has 1 aromatic rings. The first kappa shape index (κ1) is 16.8. The number of nitrogens with two attached hydrogens (primary N) is 1. The van der Waals surface area contributed by atoms with Gasteiger partial charge in [-0.15, -0.1) is 0 Å². The molecule has 0 unspecified atom stereocenters. The Morgan fingerprint density at radius 2 is 2.05 bits per heavy atom. The van der Waals surface area contributed by atoms with Gasteiger partial charge < -0.3 is 20.5 Å². The van der Waals surface area contributed by atoms with Crippen LogP contribution < -0.4 is 11.1 Å². The van der Waals surface area contributed by atoms with Crippen LogP contribution in [0.2, 0.25) is 5.02 Å². The summed E-state index contributed by atoms with van der Waals surface area (Å²) < 4.78 is 10.5. The molecule has 0 aliphatic carbocycles. The molecule has 112 valence electrons. The predicted octanol–water partition coefficient (Wildman–Crippen LogP) is 2.55. The van der Waals surface area contributed by atoms with Crippen LogP contribution in [-0.4, -0.2) is 32.3 Å². The lowest BCUT2D eigenvalue weighted by atomic mass is 10.2. The van der Waals surface area contributed by atoms with Crippen molar-refractivity contribution < 1.29 is 14.3 Å². The first-order valence-electron chi connectivity index (χ1n) is 6.49. The van der Waals surface area contributed by atoms with E-state index in [1.165, 1.54) is 0 Å². The van der Waals surface area contributed by atoms with E-state index in [1.54, 1.807) is 18.2 Å². The van der Waals surface area contributed by atoms with Crippen LogP contribution in [0.1, 0.15) is 13.8 Å². The van der Waals surface area contributed by atoms with E-state index in [2.05, 4.69) is 19.2 Å². The summed E-state index contributed by atoms with van der Waals surface area (Å²) in [6.45, 7) is 5.65. The van der Waals surface area contributed by atoms with Gasteiger partial charge in [-0.3, -0.25) is 4.79 Å². The van der Waals surface area contributed by atoms with Gasteiger partial charge in [-0.2, -0.15) is 0 Å². The molecule has 1 aromatic carbocycles. The van der Waals surface area contributed by atoms with Gasteiger partial charge in [-0.25, -0.2) is 0 Å². The molecule has 0 spiro atoms. The maximum atomic E-state index is 11.6. The molecule has 0 fully saturated rings. The number of halogens is 1. The standard InChI is InChI=1S/C14H21ClN2O3/c1-10(2)8-19-5-6-20-9-14(18)17-13-7-11(16)3-4-12(13)15/h3-4,7,10H,5-6,8-9,16H2,1-2H3,(H,17,18). The number of nitrogens with one attached hydrogen (secondary N) is 1. The zero-order valence-electron chi connectivity index (χ0n) is 11.8. The third kappa shape index (κ3) is 6.75. The van der Waals surface area contributed by atoms with Crippen LogP contribution in [0, 0.1) is 5.92 Å². The fourth-order valence-corrected chi connectivity index (χ4v) is 1.59. The van der Waals surface area contributed by atoms with Gasteiger partial charge in [0.25, 0.3) is 0 Å². The maximum absolute atomic E-state index is 11.6. The van der Waals surface area contributed by atoms with Gasteiger partial charge in [0.15, 0.2) is 0 Å². The van der Waals surface area contributed by atoms with E-state index in [1.807, 2.05) is 0 Å². The summed E-state index contributed by atoms with van der Waals surface area (Å²) in [4.78, 5) is 11.6. The summed E-state index contributed by atoms with van der Waals surface area (Å²) >= 11 is 5.94. The highest BCUT2D eigenvalue weighted by Gasteiger charge is 2.06. The van der Waals surface area contributed by atoms with Crippen molar-refractivity contribution in [3.63, 3.8) is 0 Å². The fourth-order valence-electron chi connectivity index (χ4n) is 1.43. The maximum Gasteiger partial charge on any atom is 0.250 e. The molecule has 0 atom stereocenters. The van der Waals surface area contributed by atoms with E-state index in [4.69, 9.17) is 26.8 Å². The summed E-state index contributed by atoms with van der Waals surface area (Å²) in [6, 6.07) is 4.90. The monoisotopic (exact) mass is 300 g/mol. The van der Waals surface area contributed by atoms with Crippen LogP contribution in [0.3, 0.4) is 0 Å². The SMILES string of the molecule is CC(C)COCCOCC(=O)Nc1cc(N)ccc1Cl. The van der Waals surface area contributed by atoms with Crippen LogP contribution in [0.5, 0.6) is 0 Å². The van der Waals surface area contributed by atoms with Crippen molar-refractivity contribution in [1.82, 2.24) is 0 Å². The average molecular weight is 301 g/mol. The predicted molar refractivity (Wildman–Crippen MR) is 81.0 cm³/mol. The van der Waals surface area contributed by atoms with Gasteiger partial charge >= 0.3 is 0 Å². The van der Waals surface area contributed by atoms with Crippen LogP contribution >= 0.6 is 11.6 Å². The van der Waals surface area contributed by atoms with Gasteiger partial charge in [0.2, 0.25) is 5.91 Å². The Labute approximate surface area is 124 Å². The van der Waals surface area contributed by atoms with E-state index < -0.39 is 0 Å². The molecule has 0 saturated heterocycles. The Morgan fingerprint density at radius 3 is 2.75 bits per heavy atom. The summed E-state index contributed by atoms with van der Waals surface area (Å²) in [5.41, 5.74) is 6.64. The smallest absolute Gasteiger partial charge is 0.250 e. The van der Waals surface area contributed by atoms with E-state index in [-0.39, 0.29) is 12.5 Å². The highest BCUT2D eigenvalue weighted by Crippen LogP contribution is 2.23. The zero-order valence-corrected chi connectivity index (χ0v) is 12.6. The van der Waals surface area contributed by atoms with Crippen LogP contribution in [0.4, 0.5) is 11.4 Å².